The number of esters is 1. The molecule has 0 aromatic heterocycles. The third-order valence-corrected chi connectivity index (χ3v) is 3.17. The van der Waals surface area contributed by atoms with Gasteiger partial charge in [0.05, 0.1) is 5.56 Å². The molecule has 1 aliphatic carbocycles. The van der Waals surface area contributed by atoms with Gasteiger partial charge in [-0.2, -0.15) is 0 Å². The van der Waals surface area contributed by atoms with Crippen molar-refractivity contribution >= 4 is 5.97 Å². The molecule has 18 heavy (non-hydrogen) atoms. The minimum atomic E-state index is -0.462. The SMILES string of the molecule is CC(C)(C)OC(=O)c1cccc2c1CCCC2N. The molecule has 1 atom stereocenters. The minimum absolute atomic E-state index is 0.0520. The van der Waals surface area contributed by atoms with Crippen LogP contribution in [0.4, 0.5) is 0 Å². The van der Waals surface area contributed by atoms with Crippen molar-refractivity contribution in [3.8, 4) is 0 Å². The van der Waals surface area contributed by atoms with Crippen molar-refractivity contribution in [1.29, 1.82) is 0 Å². The molecule has 0 bridgehead atoms. The standard InChI is InChI=1S/C15H21NO2/c1-15(2,3)18-14(17)12-8-4-7-11-10(12)6-5-9-13(11)16/h4,7-8,13H,5-6,9,16H2,1-3H3. The monoisotopic (exact) mass is 247 g/mol. The van der Waals surface area contributed by atoms with Gasteiger partial charge in [0, 0.05) is 6.04 Å². The first-order valence-electron chi connectivity index (χ1n) is 6.49. The number of hydrogen-bond acceptors (Lipinski definition) is 3. The molecule has 1 unspecified atom stereocenters. The summed E-state index contributed by atoms with van der Waals surface area (Å²) in [6.07, 6.45) is 2.94. The van der Waals surface area contributed by atoms with Gasteiger partial charge in [-0.25, -0.2) is 4.79 Å². The van der Waals surface area contributed by atoms with Gasteiger partial charge >= 0.3 is 5.97 Å². The second kappa shape index (κ2) is 4.73. The van der Waals surface area contributed by atoms with E-state index in [9.17, 15) is 4.79 Å². The van der Waals surface area contributed by atoms with Gasteiger partial charge < -0.3 is 10.5 Å². The minimum Gasteiger partial charge on any atom is -0.456 e. The number of carbonyl (C=O) groups excluding carboxylic acids is 1. The first-order valence-corrected chi connectivity index (χ1v) is 6.49. The van der Waals surface area contributed by atoms with E-state index in [2.05, 4.69) is 0 Å². The number of hydrogen-bond donors (Lipinski definition) is 1. The third kappa shape index (κ3) is 2.72. The van der Waals surface area contributed by atoms with Gasteiger partial charge in [0.15, 0.2) is 0 Å². The van der Waals surface area contributed by atoms with Gasteiger partial charge in [-0.3, -0.25) is 0 Å². The van der Waals surface area contributed by atoms with Gasteiger partial charge in [-0.15, -0.1) is 0 Å². The number of rotatable bonds is 1. The zero-order chi connectivity index (χ0) is 13.3. The van der Waals surface area contributed by atoms with Crippen LogP contribution in [0.3, 0.4) is 0 Å². The number of ether oxygens (including phenoxy) is 1. The molecule has 0 saturated heterocycles. The predicted molar refractivity (Wildman–Crippen MR) is 71.5 cm³/mol. The Morgan fingerprint density at radius 3 is 2.78 bits per heavy atom. The highest BCUT2D eigenvalue weighted by Crippen LogP contribution is 2.31. The Labute approximate surface area is 108 Å². The largest absolute Gasteiger partial charge is 0.456 e. The zero-order valence-electron chi connectivity index (χ0n) is 11.3. The highest BCUT2D eigenvalue weighted by atomic mass is 16.6. The second-order valence-electron chi connectivity index (χ2n) is 5.87. The maximum atomic E-state index is 12.2. The predicted octanol–water partition coefficient (Wildman–Crippen LogP) is 2.98. The number of fused-ring (bicyclic) bond motifs is 1. The van der Waals surface area contributed by atoms with Crippen LogP contribution in [-0.2, 0) is 11.2 Å². The normalized spacial score (nSPS) is 19.2. The Hall–Kier alpha value is -1.35. The molecule has 1 aromatic carbocycles. The van der Waals surface area contributed by atoms with E-state index in [-0.39, 0.29) is 12.0 Å². The van der Waals surface area contributed by atoms with Crippen LogP contribution in [0, 0.1) is 0 Å². The summed E-state index contributed by atoms with van der Waals surface area (Å²) in [5.41, 5.74) is 8.48. The first kappa shape index (κ1) is 13.1. The molecule has 3 nitrogen and oxygen atoms in total. The number of benzene rings is 1. The van der Waals surface area contributed by atoms with Crippen LogP contribution in [0.25, 0.3) is 0 Å². The van der Waals surface area contributed by atoms with E-state index in [4.69, 9.17) is 10.5 Å². The molecule has 0 radical (unpaired) electrons. The van der Waals surface area contributed by atoms with Gasteiger partial charge in [-0.1, -0.05) is 12.1 Å². The lowest BCUT2D eigenvalue weighted by Gasteiger charge is -2.25. The van der Waals surface area contributed by atoms with Crippen LogP contribution in [0.2, 0.25) is 0 Å². The highest BCUT2D eigenvalue weighted by Gasteiger charge is 2.25. The molecule has 0 saturated carbocycles. The van der Waals surface area contributed by atoms with Crippen molar-refractivity contribution in [1.82, 2.24) is 0 Å². The fourth-order valence-electron chi connectivity index (χ4n) is 2.41. The van der Waals surface area contributed by atoms with Crippen LogP contribution in [0.5, 0.6) is 0 Å². The van der Waals surface area contributed by atoms with Crippen LogP contribution in [0.15, 0.2) is 18.2 Å². The average molecular weight is 247 g/mol. The molecule has 0 amide bonds. The summed E-state index contributed by atoms with van der Waals surface area (Å²) < 4.78 is 5.45. The Balaban J connectivity index is 2.34. The maximum absolute atomic E-state index is 12.2. The van der Waals surface area contributed by atoms with Crippen LogP contribution in [-0.4, -0.2) is 11.6 Å². The summed E-state index contributed by atoms with van der Waals surface area (Å²) in [5, 5.41) is 0. The molecule has 1 aromatic rings. The molecule has 2 N–H and O–H groups in total. The molecule has 0 spiro atoms. The third-order valence-electron chi connectivity index (χ3n) is 3.17. The summed E-state index contributed by atoms with van der Waals surface area (Å²) in [5.74, 6) is -0.242. The lowest BCUT2D eigenvalue weighted by Crippen LogP contribution is -2.26. The van der Waals surface area contributed by atoms with E-state index in [1.54, 1.807) is 0 Å². The zero-order valence-corrected chi connectivity index (χ0v) is 11.3. The van der Waals surface area contributed by atoms with Gasteiger partial charge in [-0.05, 0) is 57.2 Å². The molecular formula is C15H21NO2. The summed E-state index contributed by atoms with van der Waals surface area (Å²) in [6, 6.07) is 5.80. The van der Waals surface area contributed by atoms with E-state index in [0.717, 1.165) is 30.4 Å². The molecule has 0 heterocycles. The van der Waals surface area contributed by atoms with Crippen molar-refractivity contribution in [3.63, 3.8) is 0 Å². The van der Waals surface area contributed by atoms with Crippen molar-refractivity contribution in [2.24, 2.45) is 5.73 Å². The smallest absolute Gasteiger partial charge is 0.338 e. The van der Waals surface area contributed by atoms with Crippen molar-refractivity contribution in [2.75, 3.05) is 0 Å². The van der Waals surface area contributed by atoms with Crippen molar-refractivity contribution in [2.45, 2.75) is 51.7 Å². The molecule has 1 aliphatic rings. The topological polar surface area (TPSA) is 52.3 Å². The Morgan fingerprint density at radius 1 is 1.39 bits per heavy atom. The van der Waals surface area contributed by atoms with Gasteiger partial charge in [0.2, 0.25) is 0 Å². The quantitative estimate of drug-likeness (QED) is 0.776. The van der Waals surface area contributed by atoms with Crippen molar-refractivity contribution < 1.29 is 9.53 Å². The molecular weight excluding hydrogens is 226 g/mol. The van der Waals surface area contributed by atoms with Crippen molar-refractivity contribution in [3.05, 3.63) is 34.9 Å². The Morgan fingerprint density at radius 2 is 2.11 bits per heavy atom. The second-order valence-corrected chi connectivity index (χ2v) is 5.87. The fraction of sp³-hybridized carbons (Fsp3) is 0.533. The van der Waals surface area contributed by atoms with E-state index in [0.29, 0.717) is 5.56 Å². The molecule has 0 aliphatic heterocycles. The maximum Gasteiger partial charge on any atom is 0.338 e. The number of nitrogens with two attached hydrogens (primary N) is 1. The summed E-state index contributed by atoms with van der Waals surface area (Å²) >= 11 is 0. The average Bonchev–Trinajstić information content (AvgIpc) is 2.26. The van der Waals surface area contributed by atoms with Crippen LogP contribution < -0.4 is 5.73 Å². The lowest BCUT2D eigenvalue weighted by molar-refractivity contribution is 0.00680. The fourth-order valence-corrected chi connectivity index (χ4v) is 2.41. The van der Waals surface area contributed by atoms with E-state index < -0.39 is 5.60 Å². The van der Waals surface area contributed by atoms with E-state index >= 15 is 0 Å². The van der Waals surface area contributed by atoms with E-state index in [1.165, 1.54) is 0 Å². The molecule has 3 heteroatoms. The molecule has 0 fully saturated rings. The van der Waals surface area contributed by atoms with Crippen LogP contribution >= 0.6 is 0 Å². The Bertz CT molecular complexity index is 460. The molecule has 98 valence electrons. The van der Waals surface area contributed by atoms with Gasteiger partial charge in [0.25, 0.3) is 0 Å². The lowest BCUT2D eigenvalue weighted by atomic mass is 9.85. The summed E-state index contributed by atoms with van der Waals surface area (Å²) in [6.45, 7) is 5.64. The van der Waals surface area contributed by atoms with Gasteiger partial charge in [0.1, 0.15) is 5.60 Å². The molecule has 2 rings (SSSR count). The highest BCUT2D eigenvalue weighted by molar-refractivity contribution is 5.92. The Kier molecular flexibility index (Phi) is 3.44. The first-order chi connectivity index (χ1) is 8.38. The summed E-state index contributed by atoms with van der Waals surface area (Å²) in [4.78, 5) is 12.2. The van der Waals surface area contributed by atoms with E-state index in [1.807, 2.05) is 39.0 Å². The van der Waals surface area contributed by atoms with Crippen LogP contribution in [0.1, 0.15) is 61.1 Å². The summed E-state index contributed by atoms with van der Waals surface area (Å²) in [7, 11) is 0. The number of carbonyl (C=O) groups is 1.